The van der Waals surface area contributed by atoms with E-state index >= 15 is 0 Å². The summed E-state index contributed by atoms with van der Waals surface area (Å²) in [4.78, 5) is 30.7. The number of hydrogen-bond acceptors (Lipinski definition) is 3. The van der Waals surface area contributed by atoms with Gasteiger partial charge in [-0.1, -0.05) is 17.7 Å². The minimum Gasteiger partial charge on any atom is -0.344 e. The molecule has 1 saturated heterocycles. The lowest BCUT2D eigenvalue weighted by atomic mass is 9.88. The predicted octanol–water partition coefficient (Wildman–Crippen LogP) is 3.13. The van der Waals surface area contributed by atoms with Gasteiger partial charge in [0.25, 0.3) is 0 Å². The molecule has 1 aromatic carbocycles. The highest BCUT2D eigenvalue weighted by molar-refractivity contribution is 6.29. The second-order valence-electron chi connectivity index (χ2n) is 6.26. The highest BCUT2D eigenvalue weighted by Crippen LogP contribution is 2.35. The molecule has 0 radical (unpaired) electrons. The molecule has 0 saturated carbocycles. The molecule has 1 aliphatic rings. The number of carbonyl (C=O) groups excluding carboxylic acids is 2. The maximum Gasteiger partial charge on any atom is 0.237 e. The van der Waals surface area contributed by atoms with Crippen molar-refractivity contribution in [3.05, 3.63) is 58.4 Å². The number of pyridine rings is 1. The fourth-order valence-corrected chi connectivity index (χ4v) is 3.43. The van der Waals surface area contributed by atoms with Crippen molar-refractivity contribution in [3.63, 3.8) is 0 Å². The SMILES string of the molecule is Cc1cc([C@@H]2CN(C)C(=O)[C@H]2C(=O)Nc2cccc(F)c2F)cc(Cl)n1. The fourth-order valence-electron chi connectivity index (χ4n) is 3.17. The summed E-state index contributed by atoms with van der Waals surface area (Å²) in [5.74, 6) is -4.87. The number of halogens is 3. The van der Waals surface area contributed by atoms with Gasteiger partial charge in [-0.15, -0.1) is 0 Å². The first-order valence-corrected chi connectivity index (χ1v) is 8.29. The number of anilines is 1. The molecule has 26 heavy (non-hydrogen) atoms. The summed E-state index contributed by atoms with van der Waals surface area (Å²) in [7, 11) is 1.58. The third-order valence-corrected chi connectivity index (χ3v) is 4.57. The maximum atomic E-state index is 13.8. The van der Waals surface area contributed by atoms with Gasteiger partial charge >= 0.3 is 0 Å². The molecular formula is C18H16ClF2N3O2. The summed E-state index contributed by atoms with van der Waals surface area (Å²) in [6.07, 6.45) is 0. The number of aryl methyl sites for hydroxylation is 1. The molecule has 8 heteroatoms. The van der Waals surface area contributed by atoms with Crippen molar-refractivity contribution in [2.45, 2.75) is 12.8 Å². The van der Waals surface area contributed by atoms with Crippen molar-refractivity contribution in [1.29, 1.82) is 0 Å². The van der Waals surface area contributed by atoms with E-state index in [0.717, 1.165) is 6.07 Å². The molecule has 0 bridgehead atoms. The molecule has 0 spiro atoms. The quantitative estimate of drug-likeness (QED) is 0.658. The van der Waals surface area contributed by atoms with Crippen LogP contribution in [0.15, 0.2) is 30.3 Å². The smallest absolute Gasteiger partial charge is 0.237 e. The molecule has 2 atom stereocenters. The van der Waals surface area contributed by atoms with Crippen LogP contribution in [0, 0.1) is 24.5 Å². The molecule has 2 amide bonds. The molecule has 1 N–H and O–H groups in total. The number of benzene rings is 1. The van der Waals surface area contributed by atoms with Crippen LogP contribution in [0.25, 0.3) is 0 Å². The van der Waals surface area contributed by atoms with Gasteiger partial charge in [0, 0.05) is 25.2 Å². The Balaban J connectivity index is 1.93. The molecule has 2 heterocycles. The van der Waals surface area contributed by atoms with Gasteiger partial charge in [0.05, 0.1) is 5.69 Å². The molecular weight excluding hydrogens is 364 g/mol. The Labute approximate surface area is 154 Å². The van der Waals surface area contributed by atoms with E-state index in [9.17, 15) is 18.4 Å². The highest BCUT2D eigenvalue weighted by atomic mass is 35.5. The second-order valence-corrected chi connectivity index (χ2v) is 6.65. The summed E-state index contributed by atoms with van der Waals surface area (Å²) < 4.78 is 27.2. The molecule has 0 aliphatic carbocycles. The normalized spacial score (nSPS) is 19.7. The Morgan fingerprint density at radius 3 is 2.77 bits per heavy atom. The van der Waals surface area contributed by atoms with Crippen molar-refractivity contribution in [2.24, 2.45) is 5.92 Å². The minimum absolute atomic E-state index is 0.261. The van der Waals surface area contributed by atoms with Gasteiger partial charge in [0.15, 0.2) is 11.6 Å². The highest BCUT2D eigenvalue weighted by Gasteiger charge is 2.44. The van der Waals surface area contributed by atoms with Gasteiger partial charge in [-0.25, -0.2) is 13.8 Å². The van der Waals surface area contributed by atoms with Gasteiger partial charge < -0.3 is 10.2 Å². The lowest BCUT2D eigenvalue weighted by Gasteiger charge is -2.18. The van der Waals surface area contributed by atoms with Crippen molar-refractivity contribution in [2.75, 3.05) is 18.9 Å². The van der Waals surface area contributed by atoms with E-state index < -0.39 is 35.3 Å². The Morgan fingerprint density at radius 2 is 2.08 bits per heavy atom. The lowest BCUT2D eigenvalue weighted by Crippen LogP contribution is -2.33. The summed E-state index contributed by atoms with van der Waals surface area (Å²) in [6, 6.07) is 6.83. The van der Waals surface area contributed by atoms with Crippen LogP contribution in [0.1, 0.15) is 17.2 Å². The van der Waals surface area contributed by atoms with Crippen LogP contribution < -0.4 is 5.32 Å². The zero-order valence-corrected chi connectivity index (χ0v) is 14.8. The maximum absolute atomic E-state index is 13.8. The minimum atomic E-state index is -1.17. The summed E-state index contributed by atoms with van der Waals surface area (Å²) in [5, 5.41) is 2.58. The van der Waals surface area contributed by atoms with Gasteiger partial charge in [-0.05, 0) is 36.8 Å². The molecule has 5 nitrogen and oxygen atoms in total. The van der Waals surface area contributed by atoms with Crippen molar-refractivity contribution < 1.29 is 18.4 Å². The van der Waals surface area contributed by atoms with E-state index in [-0.39, 0.29) is 10.8 Å². The monoisotopic (exact) mass is 379 g/mol. The van der Waals surface area contributed by atoms with Crippen LogP contribution in [-0.2, 0) is 9.59 Å². The average Bonchev–Trinajstić information content (AvgIpc) is 2.86. The third kappa shape index (κ3) is 3.39. The molecule has 1 fully saturated rings. The van der Waals surface area contributed by atoms with Crippen LogP contribution >= 0.6 is 11.6 Å². The molecule has 136 valence electrons. The summed E-state index contributed by atoms with van der Waals surface area (Å²) >= 11 is 6.00. The Hall–Kier alpha value is -2.54. The van der Waals surface area contributed by atoms with E-state index in [2.05, 4.69) is 10.3 Å². The Kier molecular flexibility index (Phi) is 4.91. The third-order valence-electron chi connectivity index (χ3n) is 4.38. The van der Waals surface area contributed by atoms with Gasteiger partial charge in [0.2, 0.25) is 11.8 Å². The zero-order valence-electron chi connectivity index (χ0n) is 14.1. The van der Waals surface area contributed by atoms with Crippen molar-refractivity contribution >= 4 is 29.1 Å². The number of hydrogen-bond donors (Lipinski definition) is 1. The molecule has 0 unspecified atom stereocenters. The molecule has 1 aliphatic heterocycles. The number of rotatable bonds is 3. The van der Waals surface area contributed by atoms with Crippen LogP contribution in [-0.4, -0.2) is 35.3 Å². The Bertz CT molecular complexity index is 870. The second kappa shape index (κ2) is 6.99. The zero-order chi connectivity index (χ0) is 19.0. The number of nitrogens with one attached hydrogen (secondary N) is 1. The number of amides is 2. The van der Waals surface area contributed by atoms with E-state index in [4.69, 9.17) is 11.6 Å². The Morgan fingerprint density at radius 1 is 1.35 bits per heavy atom. The first-order valence-electron chi connectivity index (χ1n) is 7.92. The topological polar surface area (TPSA) is 62.3 Å². The van der Waals surface area contributed by atoms with Crippen LogP contribution in [0.3, 0.4) is 0 Å². The number of likely N-dealkylation sites (tertiary alicyclic amines) is 1. The largest absolute Gasteiger partial charge is 0.344 e. The van der Waals surface area contributed by atoms with E-state index in [1.807, 2.05) is 0 Å². The number of likely N-dealkylation sites (N-methyl/N-ethyl adjacent to an activating group) is 1. The standard InChI is InChI=1S/C18H16ClF2N3O2/c1-9-6-10(7-14(19)22-9)11-8-24(2)18(26)15(11)17(25)23-13-5-3-4-12(20)16(13)21/h3-7,11,15H,8H2,1-2H3,(H,23,25)/t11-,15+/m0/s1. The van der Waals surface area contributed by atoms with Crippen LogP contribution in [0.5, 0.6) is 0 Å². The van der Waals surface area contributed by atoms with E-state index in [1.54, 1.807) is 26.1 Å². The van der Waals surface area contributed by atoms with Gasteiger partial charge in [-0.3, -0.25) is 9.59 Å². The van der Waals surface area contributed by atoms with Gasteiger partial charge in [0.1, 0.15) is 11.1 Å². The van der Waals surface area contributed by atoms with Crippen molar-refractivity contribution in [3.8, 4) is 0 Å². The molecule has 3 rings (SSSR count). The summed E-state index contributed by atoms with van der Waals surface area (Å²) in [6.45, 7) is 2.06. The number of nitrogens with zero attached hydrogens (tertiary/aromatic N) is 2. The van der Waals surface area contributed by atoms with Crippen molar-refractivity contribution in [1.82, 2.24) is 9.88 Å². The molecule has 2 aromatic rings. The van der Waals surface area contributed by atoms with Crippen LogP contribution in [0.2, 0.25) is 5.15 Å². The first kappa shape index (κ1) is 18.3. The first-order chi connectivity index (χ1) is 12.3. The van der Waals surface area contributed by atoms with Crippen LogP contribution in [0.4, 0.5) is 14.5 Å². The van der Waals surface area contributed by atoms with E-state index in [1.165, 1.54) is 17.0 Å². The fraction of sp³-hybridized carbons (Fsp3) is 0.278. The number of aromatic nitrogens is 1. The average molecular weight is 380 g/mol. The number of carbonyl (C=O) groups is 2. The lowest BCUT2D eigenvalue weighted by molar-refractivity contribution is -0.135. The van der Waals surface area contributed by atoms with Gasteiger partial charge in [-0.2, -0.15) is 0 Å². The summed E-state index contributed by atoms with van der Waals surface area (Å²) in [5.41, 5.74) is 1.05. The molecule has 1 aromatic heterocycles. The van der Waals surface area contributed by atoms with E-state index in [0.29, 0.717) is 17.8 Å². The predicted molar refractivity (Wildman–Crippen MR) is 92.8 cm³/mol.